The van der Waals surface area contributed by atoms with Crippen molar-refractivity contribution in [3.05, 3.63) is 94.9 Å². The summed E-state index contributed by atoms with van der Waals surface area (Å²) >= 11 is 5.92. The molecule has 2 N–H and O–H groups in total. The molecule has 0 bridgehead atoms. The van der Waals surface area contributed by atoms with Crippen LogP contribution in [0, 0.1) is 0 Å². The molecule has 0 aliphatic rings. The van der Waals surface area contributed by atoms with Crippen molar-refractivity contribution < 1.29 is 9.53 Å². The largest absolute Gasteiger partial charge is 0.497 e. The molecule has 0 saturated carbocycles. The van der Waals surface area contributed by atoms with E-state index in [2.05, 4.69) is 21.4 Å². The molecule has 1 amide bonds. The van der Waals surface area contributed by atoms with Crippen molar-refractivity contribution in [1.29, 1.82) is 0 Å². The Kier molecular flexibility index (Phi) is 5.49. The zero-order valence-corrected chi connectivity index (χ0v) is 16.6. The summed E-state index contributed by atoms with van der Waals surface area (Å²) in [5.41, 5.74) is 3.76. The number of pyridine rings is 1. The van der Waals surface area contributed by atoms with Gasteiger partial charge in [-0.2, -0.15) is 0 Å². The third-order valence-corrected chi connectivity index (χ3v) is 5.18. The first-order chi connectivity index (χ1) is 14.2. The molecule has 2 aromatic carbocycles. The van der Waals surface area contributed by atoms with E-state index < -0.39 is 0 Å². The van der Waals surface area contributed by atoms with Gasteiger partial charge in [0.2, 0.25) is 0 Å². The summed E-state index contributed by atoms with van der Waals surface area (Å²) in [5.74, 6) is 0.577. The molecule has 4 aromatic rings. The first kappa shape index (κ1) is 19.0. The number of nitrogens with zero attached hydrogens (tertiary/aromatic N) is 1. The number of aromatic nitrogens is 2. The predicted molar refractivity (Wildman–Crippen MR) is 115 cm³/mol. The van der Waals surface area contributed by atoms with Gasteiger partial charge in [0.05, 0.1) is 7.11 Å². The predicted octanol–water partition coefficient (Wildman–Crippen LogP) is 4.79. The topological polar surface area (TPSA) is 67.0 Å². The second-order valence-corrected chi connectivity index (χ2v) is 7.08. The van der Waals surface area contributed by atoms with Gasteiger partial charge in [-0.15, -0.1) is 0 Å². The lowest BCUT2D eigenvalue weighted by Crippen LogP contribution is -2.29. The van der Waals surface area contributed by atoms with Crippen LogP contribution in [0.3, 0.4) is 0 Å². The minimum Gasteiger partial charge on any atom is -0.497 e. The fourth-order valence-electron chi connectivity index (χ4n) is 3.47. The summed E-state index contributed by atoms with van der Waals surface area (Å²) in [6.07, 6.45) is 3.53. The van der Waals surface area contributed by atoms with Gasteiger partial charge < -0.3 is 15.0 Å². The lowest BCUT2D eigenvalue weighted by Gasteiger charge is -2.19. The summed E-state index contributed by atoms with van der Waals surface area (Å²) in [7, 11) is 1.65. The van der Waals surface area contributed by atoms with Crippen molar-refractivity contribution >= 4 is 28.4 Å². The maximum atomic E-state index is 12.6. The SMILES string of the molecule is COc1ccc([C@H](CNC(=O)c2ccnc(Cl)c2)c2c[nH]c3ccccc23)cc1. The number of hydrogen-bond donors (Lipinski definition) is 2. The molecule has 0 fully saturated rings. The highest BCUT2D eigenvalue weighted by Crippen LogP contribution is 2.31. The van der Waals surface area contributed by atoms with Gasteiger partial charge in [0.1, 0.15) is 10.9 Å². The molecule has 1 atom stereocenters. The first-order valence-electron chi connectivity index (χ1n) is 9.25. The molecule has 0 saturated heterocycles. The molecule has 0 radical (unpaired) electrons. The van der Waals surface area contributed by atoms with E-state index in [0.29, 0.717) is 17.3 Å². The van der Waals surface area contributed by atoms with Crippen LogP contribution in [0.25, 0.3) is 10.9 Å². The van der Waals surface area contributed by atoms with Gasteiger partial charge in [0, 0.05) is 41.3 Å². The Morgan fingerprint density at radius 3 is 2.72 bits per heavy atom. The second-order valence-electron chi connectivity index (χ2n) is 6.69. The molecule has 0 unspecified atom stereocenters. The number of hydrogen-bond acceptors (Lipinski definition) is 3. The molecule has 5 nitrogen and oxygen atoms in total. The number of H-pyrrole nitrogens is 1. The van der Waals surface area contributed by atoms with Gasteiger partial charge in [0.15, 0.2) is 0 Å². The molecule has 0 spiro atoms. The highest BCUT2D eigenvalue weighted by atomic mass is 35.5. The average Bonchev–Trinajstić information content (AvgIpc) is 3.18. The van der Waals surface area contributed by atoms with Gasteiger partial charge in [-0.25, -0.2) is 4.98 Å². The highest BCUT2D eigenvalue weighted by molar-refractivity contribution is 6.29. The Labute approximate surface area is 173 Å². The third kappa shape index (κ3) is 4.10. The summed E-state index contributed by atoms with van der Waals surface area (Å²) in [6, 6.07) is 19.3. The van der Waals surface area contributed by atoms with E-state index >= 15 is 0 Å². The highest BCUT2D eigenvalue weighted by Gasteiger charge is 2.19. The van der Waals surface area contributed by atoms with Gasteiger partial charge in [-0.1, -0.05) is 41.9 Å². The fraction of sp³-hybridized carbons (Fsp3) is 0.130. The number of methoxy groups -OCH3 is 1. The van der Waals surface area contributed by atoms with Crippen molar-refractivity contribution in [2.24, 2.45) is 0 Å². The van der Waals surface area contributed by atoms with Crippen LogP contribution >= 0.6 is 11.6 Å². The molecular weight excluding hydrogens is 386 g/mol. The number of benzene rings is 2. The summed E-state index contributed by atoms with van der Waals surface area (Å²) in [5, 5.41) is 4.46. The minimum atomic E-state index is -0.187. The number of ether oxygens (including phenoxy) is 1. The molecule has 0 aliphatic heterocycles. The monoisotopic (exact) mass is 405 g/mol. The van der Waals surface area contributed by atoms with E-state index in [1.807, 2.05) is 48.7 Å². The third-order valence-electron chi connectivity index (χ3n) is 4.97. The van der Waals surface area contributed by atoms with Gasteiger partial charge in [-0.05, 0) is 41.5 Å². The number of carbonyl (C=O) groups is 1. The quantitative estimate of drug-likeness (QED) is 0.453. The van der Waals surface area contributed by atoms with Gasteiger partial charge in [-0.3, -0.25) is 4.79 Å². The van der Waals surface area contributed by atoms with Crippen LogP contribution in [0.5, 0.6) is 5.75 Å². The van der Waals surface area contributed by atoms with Crippen molar-refractivity contribution in [3.63, 3.8) is 0 Å². The molecule has 2 aromatic heterocycles. The molecule has 2 heterocycles. The fourth-order valence-corrected chi connectivity index (χ4v) is 3.64. The lowest BCUT2D eigenvalue weighted by atomic mass is 9.90. The lowest BCUT2D eigenvalue weighted by molar-refractivity contribution is 0.0952. The van der Waals surface area contributed by atoms with E-state index in [4.69, 9.17) is 16.3 Å². The van der Waals surface area contributed by atoms with Crippen LogP contribution in [-0.4, -0.2) is 29.5 Å². The van der Waals surface area contributed by atoms with Crippen molar-refractivity contribution in [2.75, 3.05) is 13.7 Å². The maximum Gasteiger partial charge on any atom is 0.251 e. The molecular formula is C23H20ClN3O2. The zero-order valence-electron chi connectivity index (χ0n) is 15.9. The Balaban J connectivity index is 1.65. The Morgan fingerprint density at radius 2 is 1.97 bits per heavy atom. The normalized spacial score (nSPS) is 11.9. The van der Waals surface area contributed by atoms with Gasteiger partial charge >= 0.3 is 0 Å². The number of amides is 1. The van der Waals surface area contributed by atoms with Gasteiger partial charge in [0.25, 0.3) is 5.91 Å². The van der Waals surface area contributed by atoms with E-state index in [0.717, 1.165) is 27.8 Å². The van der Waals surface area contributed by atoms with Crippen molar-refractivity contribution in [3.8, 4) is 5.75 Å². The smallest absolute Gasteiger partial charge is 0.251 e. The van der Waals surface area contributed by atoms with Crippen LogP contribution in [0.1, 0.15) is 27.4 Å². The van der Waals surface area contributed by atoms with Crippen LogP contribution in [0.2, 0.25) is 5.15 Å². The van der Waals surface area contributed by atoms with Crippen molar-refractivity contribution in [1.82, 2.24) is 15.3 Å². The Hall–Kier alpha value is -3.31. The van der Waals surface area contributed by atoms with E-state index in [-0.39, 0.29) is 11.8 Å². The number of fused-ring (bicyclic) bond motifs is 1. The number of carbonyl (C=O) groups excluding carboxylic acids is 1. The summed E-state index contributed by atoms with van der Waals surface area (Å²) in [6.45, 7) is 0.437. The first-order valence-corrected chi connectivity index (χ1v) is 9.63. The zero-order chi connectivity index (χ0) is 20.2. The van der Waals surface area contributed by atoms with Crippen molar-refractivity contribution in [2.45, 2.75) is 5.92 Å². The summed E-state index contributed by atoms with van der Waals surface area (Å²) < 4.78 is 5.28. The van der Waals surface area contributed by atoms with Crippen LogP contribution in [-0.2, 0) is 0 Å². The number of aromatic amines is 1. The second kappa shape index (κ2) is 8.37. The maximum absolute atomic E-state index is 12.6. The number of para-hydroxylation sites is 1. The number of rotatable bonds is 6. The number of halogens is 1. The Bertz CT molecular complexity index is 1140. The van der Waals surface area contributed by atoms with Crippen LogP contribution in [0.15, 0.2) is 73.1 Å². The standard InChI is InChI=1S/C23H20ClN3O2/c1-29-17-8-6-15(7-9-17)19(20-14-26-21-5-3-2-4-18(20)21)13-27-23(28)16-10-11-25-22(24)12-16/h2-12,14,19,26H,13H2,1H3,(H,27,28)/t19-/m0/s1. The van der Waals surface area contributed by atoms with E-state index in [9.17, 15) is 4.79 Å². The van der Waals surface area contributed by atoms with Crippen LogP contribution < -0.4 is 10.1 Å². The molecule has 146 valence electrons. The molecule has 6 heteroatoms. The van der Waals surface area contributed by atoms with E-state index in [1.165, 1.54) is 6.20 Å². The van der Waals surface area contributed by atoms with Crippen LogP contribution in [0.4, 0.5) is 0 Å². The minimum absolute atomic E-state index is 0.0293. The number of nitrogens with one attached hydrogen (secondary N) is 2. The summed E-state index contributed by atoms with van der Waals surface area (Å²) in [4.78, 5) is 19.9. The molecule has 4 rings (SSSR count). The molecule has 29 heavy (non-hydrogen) atoms. The van der Waals surface area contributed by atoms with E-state index in [1.54, 1.807) is 19.2 Å². The Morgan fingerprint density at radius 1 is 1.17 bits per heavy atom. The molecule has 0 aliphatic carbocycles. The average molecular weight is 406 g/mol.